The molecule has 0 unspecified atom stereocenters. The van der Waals surface area contributed by atoms with Gasteiger partial charge in [-0.1, -0.05) is 6.92 Å². The summed E-state index contributed by atoms with van der Waals surface area (Å²) in [6.07, 6.45) is 2.01. The summed E-state index contributed by atoms with van der Waals surface area (Å²) in [5.74, 6) is 0.000709. The maximum absolute atomic E-state index is 12.1. The summed E-state index contributed by atoms with van der Waals surface area (Å²) in [5.41, 5.74) is 1.92. The minimum atomic E-state index is 0.000709. The number of hydrogen-bond acceptors (Lipinski definition) is 3. The monoisotopic (exact) mass is 276 g/mol. The number of hydrogen-bond donors (Lipinski definition) is 2. The third kappa shape index (κ3) is 3.97. The van der Waals surface area contributed by atoms with Crippen molar-refractivity contribution in [2.75, 3.05) is 31.6 Å². The lowest BCUT2D eigenvalue weighted by Gasteiger charge is -2.33. The average molecular weight is 276 g/mol. The van der Waals surface area contributed by atoms with Crippen molar-refractivity contribution in [3.05, 3.63) is 29.8 Å². The van der Waals surface area contributed by atoms with Crippen LogP contribution >= 0.6 is 0 Å². The molecule has 4 nitrogen and oxygen atoms in total. The highest BCUT2D eigenvalue weighted by Crippen LogP contribution is 2.28. The SMILES string of the molecule is CCNc1ccc(C(=O)NCC2(C)CCOCC2)cc1. The molecule has 1 amide bonds. The lowest BCUT2D eigenvalue weighted by Crippen LogP contribution is -2.39. The second kappa shape index (κ2) is 6.75. The Balaban J connectivity index is 1.87. The van der Waals surface area contributed by atoms with Gasteiger partial charge in [0.2, 0.25) is 0 Å². The minimum Gasteiger partial charge on any atom is -0.385 e. The highest BCUT2D eigenvalue weighted by atomic mass is 16.5. The second-order valence-electron chi connectivity index (χ2n) is 5.71. The molecule has 0 bridgehead atoms. The fourth-order valence-corrected chi connectivity index (χ4v) is 2.38. The van der Waals surface area contributed by atoms with E-state index in [-0.39, 0.29) is 11.3 Å². The van der Waals surface area contributed by atoms with Gasteiger partial charge in [-0.15, -0.1) is 0 Å². The van der Waals surface area contributed by atoms with Gasteiger partial charge >= 0.3 is 0 Å². The zero-order valence-corrected chi connectivity index (χ0v) is 12.4. The van der Waals surface area contributed by atoms with Crippen molar-refractivity contribution < 1.29 is 9.53 Å². The smallest absolute Gasteiger partial charge is 0.251 e. The first kappa shape index (κ1) is 14.9. The van der Waals surface area contributed by atoms with Crippen LogP contribution in [0.4, 0.5) is 5.69 Å². The van der Waals surface area contributed by atoms with Crippen LogP contribution in [0, 0.1) is 5.41 Å². The molecular formula is C16H24N2O2. The number of anilines is 1. The number of carbonyl (C=O) groups excluding carboxylic acids is 1. The Hall–Kier alpha value is -1.55. The lowest BCUT2D eigenvalue weighted by atomic mass is 9.82. The largest absolute Gasteiger partial charge is 0.385 e. The van der Waals surface area contributed by atoms with Crippen LogP contribution in [0.5, 0.6) is 0 Å². The molecule has 1 aromatic rings. The number of ether oxygens (including phenoxy) is 1. The van der Waals surface area contributed by atoms with Gasteiger partial charge in [0, 0.05) is 37.6 Å². The van der Waals surface area contributed by atoms with E-state index in [1.165, 1.54) is 0 Å². The summed E-state index contributed by atoms with van der Waals surface area (Å²) in [4.78, 5) is 12.1. The van der Waals surface area contributed by atoms with Gasteiger partial charge in [0.1, 0.15) is 0 Å². The zero-order chi connectivity index (χ0) is 14.4. The Morgan fingerprint density at radius 2 is 1.90 bits per heavy atom. The van der Waals surface area contributed by atoms with Crippen LogP contribution in [0.3, 0.4) is 0 Å². The molecule has 0 atom stereocenters. The van der Waals surface area contributed by atoms with Gasteiger partial charge in [-0.2, -0.15) is 0 Å². The van der Waals surface area contributed by atoms with Crippen molar-refractivity contribution in [1.82, 2.24) is 5.32 Å². The van der Waals surface area contributed by atoms with Crippen molar-refractivity contribution in [2.24, 2.45) is 5.41 Å². The fourth-order valence-electron chi connectivity index (χ4n) is 2.38. The molecule has 1 saturated heterocycles. The Bertz CT molecular complexity index is 436. The molecule has 1 aliphatic heterocycles. The topological polar surface area (TPSA) is 50.4 Å². The maximum atomic E-state index is 12.1. The van der Waals surface area contributed by atoms with E-state index in [1.54, 1.807) is 0 Å². The highest BCUT2D eigenvalue weighted by Gasteiger charge is 2.27. The summed E-state index contributed by atoms with van der Waals surface area (Å²) < 4.78 is 5.37. The number of amides is 1. The molecule has 0 saturated carbocycles. The van der Waals surface area contributed by atoms with Crippen LogP contribution in [-0.2, 0) is 4.74 Å². The fraction of sp³-hybridized carbons (Fsp3) is 0.562. The summed E-state index contributed by atoms with van der Waals surface area (Å²) in [6.45, 7) is 7.45. The number of benzene rings is 1. The van der Waals surface area contributed by atoms with Crippen LogP contribution in [0.15, 0.2) is 24.3 Å². The van der Waals surface area contributed by atoms with E-state index in [4.69, 9.17) is 4.74 Å². The van der Waals surface area contributed by atoms with E-state index in [0.717, 1.165) is 38.3 Å². The predicted octanol–water partition coefficient (Wildman–Crippen LogP) is 2.66. The quantitative estimate of drug-likeness (QED) is 0.869. The van der Waals surface area contributed by atoms with Gasteiger partial charge in [0.25, 0.3) is 5.91 Å². The van der Waals surface area contributed by atoms with Gasteiger partial charge in [0.05, 0.1) is 0 Å². The van der Waals surface area contributed by atoms with E-state index < -0.39 is 0 Å². The molecule has 1 aliphatic rings. The van der Waals surface area contributed by atoms with Gasteiger partial charge < -0.3 is 15.4 Å². The third-order valence-electron chi connectivity index (χ3n) is 3.90. The first-order valence-electron chi connectivity index (χ1n) is 7.33. The molecule has 0 spiro atoms. The van der Waals surface area contributed by atoms with Crippen LogP contribution < -0.4 is 10.6 Å². The molecule has 0 radical (unpaired) electrons. The van der Waals surface area contributed by atoms with Gasteiger partial charge in [-0.25, -0.2) is 0 Å². The molecule has 1 heterocycles. The molecule has 2 N–H and O–H groups in total. The first-order valence-corrected chi connectivity index (χ1v) is 7.33. The number of rotatable bonds is 5. The molecule has 0 aromatic heterocycles. The maximum Gasteiger partial charge on any atom is 0.251 e. The molecule has 4 heteroatoms. The molecule has 0 aliphatic carbocycles. The van der Waals surface area contributed by atoms with E-state index in [1.807, 2.05) is 24.3 Å². The third-order valence-corrected chi connectivity index (χ3v) is 3.90. The number of carbonyl (C=O) groups is 1. The van der Waals surface area contributed by atoms with E-state index in [0.29, 0.717) is 12.1 Å². The molecule has 2 rings (SSSR count). The Labute approximate surface area is 120 Å². The predicted molar refractivity (Wildman–Crippen MR) is 81.1 cm³/mol. The second-order valence-corrected chi connectivity index (χ2v) is 5.71. The first-order chi connectivity index (χ1) is 9.63. The van der Waals surface area contributed by atoms with Crippen molar-refractivity contribution in [3.8, 4) is 0 Å². The summed E-state index contributed by atoms with van der Waals surface area (Å²) in [5, 5.41) is 6.26. The standard InChI is InChI=1S/C16H24N2O2/c1-3-17-14-6-4-13(5-7-14)15(19)18-12-16(2)8-10-20-11-9-16/h4-7,17H,3,8-12H2,1-2H3,(H,18,19). The van der Waals surface area contributed by atoms with Crippen LogP contribution in [0.1, 0.15) is 37.0 Å². The Morgan fingerprint density at radius 3 is 2.50 bits per heavy atom. The van der Waals surface area contributed by atoms with Crippen LogP contribution in [-0.4, -0.2) is 32.2 Å². The van der Waals surface area contributed by atoms with Crippen LogP contribution in [0.2, 0.25) is 0 Å². The number of nitrogens with one attached hydrogen (secondary N) is 2. The molecule has 20 heavy (non-hydrogen) atoms. The normalized spacial score (nSPS) is 17.5. The van der Waals surface area contributed by atoms with Gasteiger partial charge in [-0.3, -0.25) is 4.79 Å². The average Bonchev–Trinajstić information content (AvgIpc) is 2.47. The van der Waals surface area contributed by atoms with E-state index >= 15 is 0 Å². The van der Waals surface area contributed by atoms with E-state index in [2.05, 4.69) is 24.5 Å². The van der Waals surface area contributed by atoms with Gasteiger partial charge in [-0.05, 0) is 49.4 Å². The summed E-state index contributed by atoms with van der Waals surface area (Å²) >= 11 is 0. The molecule has 110 valence electrons. The van der Waals surface area contributed by atoms with Gasteiger partial charge in [0.15, 0.2) is 0 Å². The molecular weight excluding hydrogens is 252 g/mol. The van der Waals surface area contributed by atoms with Crippen molar-refractivity contribution in [1.29, 1.82) is 0 Å². The van der Waals surface area contributed by atoms with Crippen LogP contribution in [0.25, 0.3) is 0 Å². The lowest BCUT2D eigenvalue weighted by molar-refractivity contribution is 0.0238. The zero-order valence-electron chi connectivity index (χ0n) is 12.4. The Morgan fingerprint density at radius 1 is 1.25 bits per heavy atom. The highest BCUT2D eigenvalue weighted by molar-refractivity contribution is 5.94. The van der Waals surface area contributed by atoms with Crippen molar-refractivity contribution in [3.63, 3.8) is 0 Å². The Kier molecular flexibility index (Phi) is 5.01. The van der Waals surface area contributed by atoms with E-state index in [9.17, 15) is 4.79 Å². The summed E-state index contributed by atoms with van der Waals surface area (Å²) in [7, 11) is 0. The molecule has 1 aromatic carbocycles. The molecule has 1 fully saturated rings. The summed E-state index contributed by atoms with van der Waals surface area (Å²) in [6, 6.07) is 7.60. The minimum absolute atomic E-state index is 0.000709. The van der Waals surface area contributed by atoms with Crippen molar-refractivity contribution >= 4 is 11.6 Å². The van der Waals surface area contributed by atoms with Crippen molar-refractivity contribution in [2.45, 2.75) is 26.7 Å².